The maximum Gasteiger partial charge on any atom is 0.179 e. The first-order chi connectivity index (χ1) is 7.90. The smallest absolute Gasteiger partial charge is 0.179 e. The molecule has 0 bridgehead atoms. The molecule has 0 saturated carbocycles. The van der Waals surface area contributed by atoms with Gasteiger partial charge in [-0.15, -0.1) is 5.10 Å². The molecule has 1 aromatic carbocycles. The number of pyridine rings is 1. The number of hydrogen-bond acceptors (Lipinski definition) is 4. The molecule has 16 heavy (non-hydrogen) atoms. The van der Waals surface area contributed by atoms with Crippen molar-refractivity contribution < 1.29 is 5.11 Å². The third-order valence-electron chi connectivity index (χ3n) is 2.68. The van der Waals surface area contributed by atoms with Crippen molar-refractivity contribution in [2.24, 2.45) is 0 Å². The van der Waals surface area contributed by atoms with E-state index in [1.807, 2.05) is 30.3 Å². The van der Waals surface area contributed by atoms with E-state index in [1.165, 1.54) is 0 Å². The van der Waals surface area contributed by atoms with Crippen LogP contribution in [-0.4, -0.2) is 31.8 Å². The number of aliphatic hydroxyl groups excluding tert-OH is 1. The number of nitrogens with zero attached hydrogens (tertiary/aromatic N) is 4. The summed E-state index contributed by atoms with van der Waals surface area (Å²) in [6.07, 6.45) is 0.644. The Bertz CT molecular complexity index is 647. The summed E-state index contributed by atoms with van der Waals surface area (Å²) in [5.41, 5.74) is 2.81. The molecule has 3 rings (SSSR count). The highest BCUT2D eigenvalue weighted by atomic mass is 16.2. The zero-order chi connectivity index (χ0) is 11.0. The Labute approximate surface area is 91.3 Å². The van der Waals surface area contributed by atoms with Crippen LogP contribution >= 0.6 is 0 Å². The second-order valence-electron chi connectivity index (χ2n) is 3.61. The van der Waals surface area contributed by atoms with Crippen LogP contribution in [0.4, 0.5) is 0 Å². The number of tetrazole rings is 1. The summed E-state index contributed by atoms with van der Waals surface area (Å²) in [6, 6.07) is 9.80. The first-order valence-corrected chi connectivity index (χ1v) is 5.10. The largest absolute Gasteiger partial charge is 0.396 e. The molecule has 3 aromatic rings. The van der Waals surface area contributed by atoms with Crippen LogP contribution in [0.15, 0.2) is 30.3 Å². The topological polar surface area (TPSA) is 63.3 Å². The highest BCUT2D eigenvalue weighted by Crippen LogP contribution is 2.19. The van der Waals surface area contributed by atoms with Crippen molar-refractivity contribution in [1.29, 1.82) is 0 Å². The number of aliphatic hydroxyl groups is 1. The number of aromatic nitrogens is 4. The molecule has 0 atom stereocenters. The molecule has 0 aliphatic carbocycles. The minimum absolute atomic E-state index is 0.146. The van der Waals surface area contributed by atoms with Crippen LogP contribution in [0.5, 0.6) is 0 Å². The molecular formula is C11H10N4O. The van der Waals surface area contributed by atoms with Crippen molar-refractivity contribution >= 4 is 16.6 Å². The molecule has 0 fully saturated rings. The van der Waals surface area contributed by atoms with Crippen LogP contribution in [0.3, 0.4) is 0 Å². The third-order valence-corrected chi connectivity index (χ3v) is 2.68. The summed E-state index contributed by atoms with van der Waals surface area (Å²) in [4.78, 5) is 0. The molecule has 5 heteroatoms. The van der Waals surface area contributed by atoms with E-state index in [0.717, 1.165) is 22.1 Å². The number of rotatable bonds is 2. The summed E-state index contributed by atoms with van der Waals surface area (Å²) in [5, 5.41) is 21.6. The third kappa shape index (κ3) is 1.25. The summed E-state index contributed by atoms with van der Waals surface area (Å²) in [5.74, 6) is 0. The van der Waals surface area contributed by atoms with Gasteiger partial charge in [-0.05, 0) is 40.6 Å². The monoisotopic (exact) mass is 214 g/mol. The van der Waals surface area contributed by atoms with E-state index in [9.17, 15) is 0 Å². The lowest BCUT2D eigenvalue weighted by Gasteiger charge is -2.05. The van der Waals surface area contributed by atoms with Crippen molar-refractivity contribution in [3.8, 4) is 0 Å². The molecule has 5 nitrogen and oxygen atoms in total. The number of hydrogen-bond donors (Lipinski definition) is 1. The SMILES string of the molecule is OCCc1cccc2c1ccc1nnnn12. The standard InChI is InChI=1S/C11H10N4O/c16-7-6-8-2-1-3-10-9(8)4-5-11-12-13-14-15(10)11/h1-5,16H,6-7H2. The van der Waals surface area contributed by atoms with E-state index < -0.39 is 0 Å². The number of benzene rings is 1. The lowest BCUT2D eigenvalue weighted by atomic mass is 10.1. The van der Waals surface area contributed by atoms with Gasteiger partial charge < -0.3 is 5.11 Å². The molecule has 1 N–H and O–H groups in total. The second-order valence-corrected chi connectivity index (χ2v) is 3.61. The summed E-state index contributed by atoms with van der Waals surface area (Å²) in [7, 11) is 0. The fourth-order valence-corrected chi connectivity index (χ4v) is 1.94. The Balaban J connectivity index is 2.39. The van der Waals surface area contributed by atoms with E-state index in [2.05, 4.69) is 15.5 Å². The van der Waals surface area contributed by atoms with Crippen LogP contribution in [-0.2, 0) is 6.42 Å². The van der Waals surface area contributed by atoms with Crippen LogP contribution < -0.4 is 0 Å². The predicted molar refractivity (Wildman–Crippen MR) is 59.1 cm³/mol. The normalized spacial score (nSPS) is 11.3. The predicted octanol–water partition coefficient (Wildman–Crippen LogP) is 0.812. The van der Waals surface area contributed by atoms with Gasteiger partial charge in [0.15, 0.2) is 5.65 Å². The Hall–Kier alpha value is -2.01. The van der Waals surface area contributed by atoms with E-state index in [1.54, 1.807) is 4.52 Å². The first-order valence-electron chi connectivity index (χ1n) is 5.10. The van der Waals surface area contributed by atoms with Crippen LogP contribution in [0.25, 0.3) is 16.6 Å². The molecule has 0 saturated heterocycles. The maximum atomic E-state index is 9.01. The van der Waals surface area contributed by atoms with Gasteiger partial charge in [0.05, 0.1) is 5.52 Å². The van der Waals surface area contributed by atoms with Crippen LogP contribution in [0.2, 0.25) is 0 Å². The zero-order valence-electron chi connectivity index (χ0n) is 8.54. The zero-order valence-corrected chi connectivity index (χ0v) is 8.54. The van der Waals surface area contributed by atoms with Gasteiger partial charge >= 0.3 is 0 Å². The highest BCUT2D eigenvalue weighted by Gasteiger charge is 2.05. The van der Waals surface area contributed by atoms with Crippen molar-refractivity contribution in [3.63, 3.8) is 0 Å². The molecule has 0 aliphatic rings. The van der Waals surface area contributed by atoms with Gasteiger partial charge in [-0.25, -0.2) is 0 Å². The molecule has 0 radical (unpaired) electrons. The average molecular weight is 214 g/mol. The summed E-state index contributed by atoms with van der Waals surface area (Å²) >= 11 is 0. The average Bonchev–Trinajstić information content (AvgIpc) is 2.78. The van der Waals surface area contributed by atoms with Crippen molar-refractivity contribution in [1.82, 2.24) is 20.0 Å². The fraction of sp³-hybridized carbons (Fsp3) is 0.182. The van der Waals surface area contributed by atoms with Gasteiger partial charge in [-0.2, -0.15) is 4.52 Å². The van der Waals surface area contributed by atoms with Gasteiger partial charge in [-0.3, -0.25) is 0 Å². The van der Waals surface area contributed by atoms with Crippen molar-refractivity contribution in [3.05, 3.63) is 35.9 Å². The van der Waals surface area contributed by atoms with Gasteiger partial charge in [0, 0.05) is 12.0 Å². The van der Waals surface area contributed by atoms with Gasteiger partial charge in [0.2, 0.25) is 0 Å². The first kappa shape index (κ1) is 9.23. The van der Waals surface area contributed by atoms with Gasteiger partial charge in [0.1, 0.15) is 0 Å². The minimum atomic E-state index is 0.146. The maximum absolute atomic E-state index is 9.01. The molecule has 0 amide bonds. The fourth-order valence-electron chi connectivity index (χ4n) is 1.94. The molecule has 0 spiro atoms. The van der Waals surface area contributed by atoms with Gasteiger partial charge in [-0.1, -0.05) is 12.1 Å². The van der Waals surface area contributed by atoms with E-state index in [4.69, 9.17) is 5.11 Å². The van der Waals surface area contributed by atoms with Crippen molar-refractivity contribution in [2.75, 3.05) is 6.61 Å². The number of fused-ring (bicyclic) bond motifs is 3. The van der Waals surface area contributed by atoms with Crippen LogP contribution in [0, 0.1) is 0 Å². The van der Waals surface area contributed by atoms with E-state index >= 15 is 0 Å². The second kappa shape index (κ2) is 3.53. The van der Waals surface area contributed by atoms with Crippen LogP contribution in [0.1, 0.15) is 5.56 Å². The van der Waals surface area contributed by atoms with Crippen molar-refractivity contribution in [2.45, 2.75) is 6.42 Å². The molecule has 2 aromatic heterocycles. The lowest BCUT2D eigenvalue weighted by molar-refractivity contribution is 0.300. The van der Waals surface area contributed by atoms with Gasteiger partial charge in [0.25, 0.3) is 0 Å². The molecule has 80 valence electrons. The molecular weight excluding hydrogens is 204 g/mol. The Morgan fingerprint density at radius 3 is 3.00 bits per heavy atom. The quantitative estimate of drug-likeness (QED) is 0.685. The minimum Gasteiger partial charge on any atom is -0.396 e. The van der Waals surface area contributed by atoms with E-state index in [-0.39, 0.29) is 6.61 Å². The summed E-state index contributed by atoms with van der Waals surface area (Å²) in [6.45, 7) is 0.146. The lowest BCUT2D eigenvalue weighted by Crippen LogP contribution is -1.96. The molecule has 0 aliphatic heterocycles. The Kier molecular flexibility index (Phi) is 2.04. The Morgan fingerprint density at radius 2 is 2.12 bits per heavy atom. The molecule has 0 unspecified atom stereocenters. The Morgan fingerprint density at radius 1 is 1.19 bits per heavy atom. The highest BCUT2D eigenvalue weighted by molar-refractivity contribution is 5.84. The molecule has 2 heterocycles. The summed E-state index contributed by atoms with van der Waals surface area (Å²) < 4.78 is 1.70. The van der Waals surface area contributed by atoms with E-state index in [0.29, 0.717) is 6.42 Å².